The standard InChI is InChI=1S/C29H28BrNO7/c1-14-11-22(33)26-20(27(14)36)13-18-16(24(26)19-12-15(30)6-9-21(19)32)7-8-17-25(18)29(38)31(28(17)37)10-4-2-3-5-23(34)35/h6-7,9,11-12,17-18,24-25,32H,2-5,8,10,13H2,1H3,(H,34,35)/t17-,18+,24+,25-/m0/s1. The largest absolute Gasteiger partial charge is 0.508 e. The molecule has 2 N–H and O–H groups in total. The highest BCUT2D eigenvalue weighted by atomic mass is 79.9. The van der Waals surface area contributed by atoms with Gasteiger partial charge < -0.3 is 10.2 Å². The number of hydrogen-bond acceptors (Lipinski definition) is 6. The number of carbonyl (C=O) groups is 5. The van der Waals surface area contributed by atoms with Crippen LogP contribution in [0.15, 0.2) is 57.1 Å². The average molecular weight is 582 g/mol. The molecule has 0 aromatic heterocycles. The Hall–Kier alpha value is -3.33. The fourth-order valence-electron chi connectivity index (χ4n) is 6.50. The summed E-state index contributed by atoms with van der Waals surface area (Å²) >= 11 is 3.44. The van der Waals surface area contributed by atoms with E-state index in [9.17, 15) is 29.1 Å². The normalized spacial score (nSPS) is 26.6. The quantitative estimate of drug-likeness (QED) is 0.213. The molecule has 1 saturated heterocycles. The van der Waals surface area contributed by atoms with Gasteiger partial charge in [-0.2, -0.15) is 0 Å². The number of carboxylic acid groups (broad SMARTS) is 1. The van der Waals surface area contributed by atoms with E-state index in [1.807, 2.05) is 6.08 Å². The molecular formula is C29H28BrNO7. The molecule has 0 radical (unpaired) electrons. The van der Waals surface area contributed by atoms with Crippen LogP contribution in [0.4, 0.5) is 0 Å². The number of fused-ring (bicyclic) bond motifs is 3. The van der Waals surface area contributed by atoms with Gasteiger partial charge in [0.15, 0.2) is 11.6 Å². The molecule has 8 nitrogen and oxygen atoms in total. The summed E-state index contributed by atoms with van der Waals surface area (Å²) in [7, 11) is 0. The summed E-state index contributed by atoms with van der Waals surface area (Å²) < 4.78 is 0.700. The second-order valence-corrected chi connectivity index (χ2v) is 11.4. The Balaban J connectivity index is 1.51. The number of imide groups is 1. The number of phenolic OH excluding ortho intramolecular Hbond substituents is 1. The molecule has 4 aliphatic rings. The molecule has 38 heavy (non-hydrogen) atoms. The van der Waals surface area contributed by atoms with Crippen molar-refractivity contribution in [2.75, 3.05) is 6.54 Å². The number of nitrogens with zero attached hydrogens (tertiary/aromatic N) is 1. The highest BCUT2D eigenvalue weighted by Gasteiger charge is 2.56. The predicted octanol–water partition coefficient (Wildman–Crippen LogP) is 4.23. The maximum Gasteiger partial charge on any atom is 0.303 e. The number of hydrogen-bond donors (Lipinski definition) is 2. The van der Waals surface area contributed by atoms with Gasteiger partial charge in [0.2, 0.25) is 11.8 Å². The first-order chi connectivity index (χ1) is 18.1. The third-order valence-corrected chi connectivity index (χ3v) is 8.72. The van der Waals surface area contributed by atoms with Crippen LogP contribution in [-0.2, 0) is 24.0 Å². The lowest BCUT2D eigenvalue weighted by molar-refractivity contribution is -0.141. The average Bonchev–Trinajstić information content (AvgIpc) is 3.12. The van der Waals surface area contributed by atoms with Crippen LogP contribution in [0, 0.1) is 17.8 Å². The van der Waals surface area contributed by atoms with Crippen LogP contribution in [0.5, 0.6) is 5.75 Å². The molecule has 0 unspecified atom stereocenters. The highest BCUT2D eigenvalue weighted by Crippen LogP contribution is 2.56. The summed E-state index contributed by atoms with van der Waals surface area (Å²) in [6.45, 7) is 1.83. The van der Waals surface area contributed by atoms with Gasteiger partial charge in [0.25, 0.3) is 0 Å². The molecule has 9 heteroatoms. The topological polar surface area (TPSA) is 129 Å². The molecular weight excluding hydrogens is 554 g/mol. The molecule has 0 spiro atoms. The molecule has 3 aliphatic carbocycles. The second kappa shape index (κ2) is 10.1. The SMILES string of the molecule is CC1=CC(=O)C2=C(C[C@@H]3C(=CC[C@@H]4C(=O)N(CCCCCC(=O)O)C(=O)[C@@H]43)[C@@H]2c2cc(Br)ccc2O)C1=O. The minimum atomic E-state index is -0.874. The smallest absolute Gasteiger partial charge is 0.303 e. The number of unbranched alkanes of at least 4 members (excludes halogenated alkanes) is 2. The van der Waals surface area contributed by atoms with Gasteiger partial charge in [0.1, 0.15) is 5.75 Å². The number of halogens is 1. The van der Waals surface area contributed by atoms with Gasteiger partial charge in [-0.05, 0) is 62.8 Å². The predicted molar refractivity (Wildman–Crippen MR) is 140 cm³/mol. The van der Waals surface area contributed by atoms with E-state index in [0.29, 0.717) is 52.4 Å². The zero-order valence-corrected chi connectivity index (χ0v) is 22.5. The molecule has 198 valence electrons. The number of ketones is 2. The van der Waals surface area contributed by atoms with E-state index in [2.05, 4.69) is 15.9 Å². The summed E-state index contributed by atoms with van der Waals surface area (Å²) in [6.07, 6.45) is 5.42. The first-order valence-electron chi connectivity index (χ1n) is 12.9. The summed E-state index contributed by atoms with van der Waals surface area (Å²) in [5, 5.41) is 19.7. The van der Waals surface area contributed by atoms with E-state index in [4.69, 9.17) is 5.11 Å². The van der Waals surface area contributed by atoms with Crippen LogP contribution in [0.3, 0.4) is 0 Å². The minimum absolute atomic E-state index is 0.0166. The molecule has 0 saturated carbocycles. The Morgan fingerprint density at radius 2 is 1.84 bits per heavy atom. The van der Waals surface area contributed by atoms with E-state index in [1.165, 1.54) is 17.0 Å². The fourth-order valence-corrected chi connectivity index (χ4v) is 6.88. The van der Waals surface area contributed by atoms with E-state index in [-0.39, 0.29) is 48.5 Å². The van der Waals surface area contributed by atoms with Gasteiger partial charge >= 0.3 is 5.97 Å². The number of carboxylic acids is 1. The summed E-state index contributed by atoms with van der Waals surface area (Å²) in [4.78, 5) is 65.6. The van der Waals surface area contributed by atoms with Gasteiger partial charge in [0, 0.05) is 45.6 Å². The van der Waals surface area contributed by atoms with Crippen molar-refractivity contribution < 1.29 is 34.2 Å². The van der Waals surface area contributed by atoms with Crippen molar-refractivity contribution in [3.05, 3.63) is 62.7 Å². The number of aliphatic carboxylic acids is 1. The maximum absolute atomic E-state index is 13.7. The zero-order chi connectivity index (χ0) is 27.3. The fraction of sp³-hybridized carbons (Fsp3) is 0.414. The van der Waals surface area contributed by atoms with Crippen LogP contribution in [0.2, 0.25) is 0 Å². The van der Waals surface area contributed by atoms with Crippen LogP contribution < -0.4 is 0 Å². The zero-order valence-electron chi connectivity index (χ0n) is 20.9. The van der Waals surface area contributed by atoms with E-state index in [0.717, 1.165) is 5.57 Å². The van der Waals surface area contributed by atoms with Gasteiger partial charge in [-0.1, -0.05) is 34.0 Å². The number of phenols is 1. The van der Waals surface area contributed by atoms with Crippen LogP contribution in [-0.4, -0.2) is 51.0 Å². The molecule has 0 bridgehead atoms. The molecule has 1 heterocycles. The summed E-state index contributed by atoms with van der Waals surface area (Å²) in [5.74, 6) is -4.27. The van der Waals surface area contributed by atoms with Gasteiger partial charge in [-0.15, -0.1) is 0 Å². The van der Waals surface area contributed by atoms with Gasteiger partial charge in [0.05, 0.1) is 11.8 Å². The van der Waals surface area contributed by atoms with Gasteiger partial charge in [-0.3, -0.25) is 28.9 Å². The lowest BCUT2D eigenvalue weighted by Crippen LogP contribution is -2.39. The van der Waals surface area contributed by atoms with Crippen LogP contribution >= 0.6 is 15.9 Å². The number of carbonyl (C=O) groups excluding carboxylic acids is 4. The molecule has 2 amide bonds. The minimum Gasteiger partial charge on any atom is -0.508 e. The van der Waals surface area contributed by atoms with Crippen molar-refractivity contribution in [3.8, 4) is 5.75 Å². The number of Topliss-reactive ketones (excluding diaryl/α,β-unsaturated/α-hetero) is 1. The summed E-state index contributed by atoms with van der Waals surface area (Å²) in [6, 6.07) is 4.95. The molecule has 4 atom stereocenters. The number of amides is 2. The Labute approximate surface area is 228 Å². The second-order valence-electron chi connectivity index (χ2n) is 10.5. The Morgan fingerprint density at radius 1 is 1.08 bits per heavy atom. The number of benzene rings is 1. The Bertz CT molecular complexity index is 1370. The summed E-state index contributed by atoms with van der Waals surface area (Å²) in [5.41, 5.74) is 2.29. The van der Waals surface area contributed by atoms with Crippen LogP contribution in [0.1, 0.15) is 56.9 Å². The third kappa shape index (κ3) is 4.36. The Morgan fingerprint density at radius 3 is 2.58 bits per heavy atom. The first kappa shape index (κ1) is 26.3. The maximum atomic E-state index is 13.7. The van der Waals surface area contributed by atoms with Crippen molar-refractivity contribution >= 4 is 45.3 Å². The lowest BCUT2D eigenvalue weighted by atomic mass is 9.59. The van der Waals surface area contributed by atoms with Gasteiger partial charge in [-0.25, -0.2) is 0 Å². The van der Waals surface area contributed by atoms with Crippen molar-refractivity contribution in [1.82, 2.24) is 4.90 Å². The van der Waals surface area contributed by atoms with Crippen molar-refractivity contribution in [2.24, 2.45) is 17.8 Å². The van der Waals surface area contributed by atoms with E-state index in [1.54, 1.807) is 19.1 Å². The molecule has 1 aromatic rings. The van der Waals surface area contributed by atoms with Crippen molar-refractivity contribution in [3.63, 3.8) is 0 Å². The van der Waals surface area contributed by atoms with Crippen LogP contribution in [0.25, 0.3) is 0 Å². The Kier molecular flexibility index (Phi) is 6.98. The van der Waals surface area contributed by atoms with E-state index >= 15 is 0 Å². The number of aromatic hydroxyl groups is 1. The number of allylic oxidation sites excluding steroid dienone is 6. The van der Waals surface area contributed by atoms with Crippen molar-refractivity contribution in [1.29, 1.82) is 0 Å². The van der Waals surface area contributed by atoms with E-state index < -0.39 is 29.6 Å². The molecule has 1 aromatic carbocycles. The third-order valence-electron chi connectivity index (χ3n) is 8.23. The lowest BCUT2D eigenvalue weighted by Gasteiger charge is -2.42. The molecule has 5 rings (SSSR count). The first-order valence-corrected chi connectivity index (χ1v) is 13.6. The number of likely N-dealkylation sites (tertiary alicyclic amines) is 1. The number of rotatable bonds is 7. The monoisotopic (exact) mass is 581 g/mol. The molecule has 1 fully saturated rings. The van der Waals surface area contributed by atoms with Crippen molar-refractivity contribution in [2.45, 2.75) is 51.4 Å². The molecule has 1 aliphatic heterocycles. The highest BCUT2D eigenvalue weighted by molar-refractivity contribution is 9.10.